The Kier molecular flexibility index (Phi) is 12.0. The Hall–Kier alpha value is -2.95. The number of carbonyl (C=O) groups excluding carboxylic acids is 3. The number of benzene rings is 1. The first-order valence-electron chi connectivity index (χ1n) is 13.3. The second-order valence-electron chi connectivity index (χ2n) is 9.44. The van der Waals surface area contributed by atoms with Crippen molar-refractivity contribution in [3.05, 3.63) is 30.4 Å². The third-order valence-electron chi connectivity index (χ3n) is 6.78. The van der Waals surface area contributed by atoms with E-state index < -0.39 is 18.6 Å². The van der Waals surface area contributed by atoms with Crippen molar-refractivity contribution in [2.24, 2.45) is 0 Å². The van der Waals surface area contributed by atoms with E-state index in [4.69, 9.17) is 23.7 Å². The summed E-state index contributed by atoms with van der Waals surface area (Å²) < 4.78 is 29.3. The Morgan fingerprint density at radius 1 is 1.21 bits per heavy atom. The van der Waals surface area contributed by atoms with Gasteiger partial charge in [-0.05, 0) is 58.2 Å². The summed E-state index contributed by atoms with van der Waals surface area (Å²) in [5.74, 6) is 0.675. The Balaban J connectivity index is 2.09. The molecule has 2 fully saturated rings. The van der Waals surface area contributed by atoms with Gasteiger partial charge < -0.3 is 28.5 Å². The predicted octanol–water partition coefficient (Wildman–Crippen LogP) is 4.35. The fourth-order valence-electron chi connectivity index (χ4n) is 4.79. The molecule has 1 amide bonds. The van der Waals surface area contributed by atoms with Crippen LogP contribution < -0.4 is 14.4 Å². The highest BCUT2D eigenvalue weighted by atomic mass is 16.7. The lowest BCUT2D eigenvalue weighted by Crippen LogP contribution is -2.57. The largest absolute Gasteiger partial charge is 0.493 e. The highest BCUT2D eigenvalue weighted by Crippen LogP contribution is 2.38. The van der Waals surface area contributed by atoms with Gasteiger partial charge in [0.2, 0.25) is 0 Å². The van der Waals surface area contributed by atoms with Gasteiger partial charge in [0.15, 0.2) is 30.3 Å². The molecule has 3 rings (SSSR count). The van der Waals surface area contributed by atoms with Gasteiger partial charge in [0.05, 0.1) is 25.4 Å². The van der Waals surface area contributed by atoms with Gasteiger partial charge in [0.25, 0.3) is 0 Å². The number of likely N-dealkylation sites (N-methyl/N-ethyl adjacent to an activating group) is 1. The summed E-state index contributed by atoms with van der Waals surface area (Å²) in [4.78, 5) is 40.3. The van der Waals surface area contributed by atoms with Crippen molar-refractivity contribution in [3.63, 3.8) is 0 Å². The molecule has 2 saturated heterocycles. The number of unbranched alkanes of at least 4 members (excludes halogenated alkanes) is 1. The number of nitrogens with zero attached hydrogens (tertiary/aromatic N) is 2. The van der Waals surface area contributed by atoms with Gasteiger partial charge in [-0.3, -0.25) is 9.69 Å². The maximum atomic E-state index is 13.7. The molecule has 2 aliphatic heterocycles. The number of aldehydes is 2. The Morgan fingerprint density at radius 3 is 2.68 bits per heavy atom. The van der Waals surface area contributed by atoms with Gasteiger partial charge >= 0.3 is 6.09 Å². The number of hydrogen-bond acceptors (Lipinski definition) is 9. The molecular formula is C28H40N2O8. The third kappa shape index (κ3) is 7.78. The summed E-state index contributed by atoms with van der Waals surface area (Å²) in [7, 11) is 3.48. The van der Waals surface area contributed by atoms with Crippen LogP contribution in [0, 0.1) is 0 Å². The number of piperidine rings is 1. The first-order chi connectivity index (χ1) is 18.5. The summed E-state index contributed by atoms with van der Waals surface area (Å²) in [6, 6.07) is 2.97. The van der Waals surface area contributed by atoms with Gasteiger partial charge in [-0.25, -0.2) is 9.69 Å². The maximum Gasteiger partial charge on any atom is 0.416 e. The molecule has 0 radical (unpaired) electrons. The molecular weight excluding hydrogens is 492 g/mol. The number of amides is 1. The lowest BCUT2D eigenvalue weighted by atomic mass is 9.99. The molecule has 38 heavy (non-hydrogen) atoms. The fourth-order valence-corrected chi connectivity index (χ4v) is 4.79. The summed E-state index contributed by atoms with van der Waals surface area (Å²) >= 11 is 0. The molecule has 1 aromatic rings. The van der Waals surface area contributed by atoms with Crippen molar-refractivity contribution in [2.75, 3.05) is 45.4 Å². The Morgan fingerprint density at radius 2 is 2.03 bits per heavy atom. The van der Waals surface area contributed by atoms with Gasteiger partial charge in [0, 0.05) is 24.7 Å². The van der Waals surface area contributed by atoms with Crippen molar-refractivity contribution in [2.45, 2.75) is 69.9 Å². The fraction of sp³-hybridized carbons (Fsp3) is 0.607. The highest BCUT2D eigenvalue weighted by molar-refractivity contribution is 5.96. The molecule has 0 saturated carbocycles. The molecule has 210 valence electrons. The standard InChI is InChI=1S/C28H40N2O8/c1-4-15-37-28(33)30(23-19-25(35-16-10-8-14-31)24(34-3)18-21(23)20-32)27(22-11-5-7-13-29(22)2)38-26-12-6-9-17-36-26/h4,14,18-20,22,26-27H,1,5-13,15-17H2,2-3H3. The van der Waals surface area contributed by atoms with Crippen LogP contribution in [0.1, 0.15) is 61.7 Å². The Bertz CT molecular complexity index is 934. The van der Waals surface area contributed by atoms with Gasteiger partial charge in [0.1, 0.15) is 12.9 Å². The molecule has 2 aliphatic rings. The van der Waals surface area contributed by atoms with E-state index in [2.05, 4.69) is 11.5 Å². The van der Waals surface area contributed by atoms with Crippen molar-refractivity contribution in [1.82, 2.24) is 4.90 Å². The molecule has 3 atom stereocenters. The lowest BCUT2D eigenvalue weighted by molar-refractivity contribution is -0.200. The number of anilines is 1. The smallest absolute Gasteiger partial charge is 0.416 e. The minimum absolute atomic E-state index is 0.00980. The van der Waals surface area contributed by atoms with Crippen LogP contribution in [-0.4, -0.2) is 82.6 Å². The molecule has 10 nitrogen and oxygen atoms in total. The van der Waals surface area contributed by atoms with Crippen molar-refractivity contribution in [3.8, 4) is 11.5 Å². The molecule has 0 spiro atoms. The number of hydrogen-bond donors (Lipinski definition) is 0. The normalized spacial score (nSPS) is 20.7. The topological polar surface area (TPSA) is 104 Å². The molecule has 0 aliphatic carbocycles. The minimum atomic E-state index is -0.796. The second-order valence-corrected chi connectivity index (χ2v) is 9.44. The minimum Gasteiger partial charge on any atom is -0.493 e. The van der Waals surface area contributed by atoms with E-state index in [0.29, 0.717) is 43.7 Å². The van der Waals surface area contributed by atoms with Crippen LogP contribution in [-0.2, 0) is 19.0 Å². The maximum absolute atomic E-state index is 13.7. The Labute approximate surface area is 224 Å². The van der Waals surface area contributed by atoms with E-state index in [1.807, 2.05) is 7.05 Å². The van der Waals surface area contributed by atoms with Gasteiger partial charge in [-0.1, -0.05) is 19.1 Å². The highest BCUT2D eigenvalue weighted by Gasteiger charge is 2.40. The first kappa shape index (κ1) is 29.6. The quantitative estimate of drug-likeness (QED) is 0.150. The third-order valence-corrected chi connectivity index (χ3v) is 6.78. The zero-order chi connectivity index (χ0) is 27.3. The van der Waals surface area contributed by atoms with Crippen LogP contribution in [0.25, 0.3) is 0 Å². The van der Waals surface area contributed by atoms with Crippen LogP contribution in [0.3, 0.4) is 0 Å². The molecule has 0 N–H and O–H groups in total. The zero-order valence-electron chi connectivity index (χ0n) is 22.5. The van der Waals surface area contributed by atoms with E-state index in [0.717, 1.165) is 44.9 Å². The number of rotatable bonds is 14. The van der Waals surface area contributed by atoms with E-state index in [9.17, 15) is 14.4 Å². The molecule has 2 heterocycles. The molecule has 0 aromatic heterocycles. The van der Waals surface area contributed by atoms with E-state index in [1.54, 1.807) is 6.07 Å². The van der Waals surface area contributed by atoms with Crippen LogP contribution in [0.5, 0.6) is 11.5 Å². The van der Waals surface area contributed by atoms with Crippen LogP contribution in [0.2, 0.25) is 0 Å². The van der Waals surface area contributed by atoms with Crippen LogP contribution in [0.15, 0.2) is 24.8 Å². The number of carbonyl (C=O) groups is 3. The summed E-state index contributed by atoms with van der Waals surface area (Å²) in [6.07, 6.45) is 7.32. The number of likely N-dealkylation sites (tertiary alicyclic amines) is 1. The molecule has 10 heteroatoms. The van der Waals surface area contributed by atoms with E-state index in [1.165, 1.54) is 24.2 Å². The SMILES string of the molecule is C=CCOC(=O)N(c1cc(OCCCC=O)c(OC)cc1C=O)C(OC1CCCCO1)C1CCCCN1C. The lowest BCUT2D eigenvalue weighted by Gasteiger charge is -2.44. The number of methoxy groups -OCH3 is 1. The summed E-state index contributed by atoms with van der Waals surface area (Å²) in [5.41, 5.74) is 0.495. The van der Waals surface area contributed by atoms with Crippen molar-refractivity contribution >= 4 is 24.4 Å². The van der Waals surface area contributed by atoms with Gasteiger partial charge in [-0.15, -0.1) is 0 Å². The van der Waals surface area contributed by atoms with Crippen LogP contribution in [0.4, 0.5) is 10.5 Å². The summed E-state index contributed by atoms with van der Waals surface area (Å²) in [6.45, 7) is 5.33. The number of ether oxygens (including phenoxy) is 5. The molecule has 0 bridgehead atoms. The first-order valence-corrected chi connectivity index (χ1v) is 13.3. The summed E-state index contributed by atoms with van der Waals surface area (Å²) in [5, 5.41) is 0. The monoisotopic (exact) mass is 532 g/mol. The average Bonchev–Trinajstić information content (AvgIpc) is 2.94. The molecule has 1 aromatic carbocycles. The zero-order valence-corrected chi connectivity index (χ0v) is 22.5. The van der Waals surface area contributed by atoms with Crippen molar-refractivity contribution in [1.29, 1.82) is 0 Å². The van der Waals surface area contributed by atoms with Gasteiger partial charge in [-0.2, -0.15) is 0 Å². The van der Waals surface area contributed by atoms with Crippen molar-refractivity contribution < 1.29 is 38.1 Å². The second kappa shape index (κ2) is 15.5. The average molecular weight is 533 g/mol. The van der Waals surface area contributed by atoms with Crippen LogP contribution >= 0.6 is 0 Å². The predicted molar refractivity (Wildman–Crippen MR) is 142 cm³/mol. The molecule has 3 unspecified atom stereocenters. The van der Waals surface area contributed by atoms with E-state index >= 15 is 0 Å². The van der Waals surface area contributed by atoms with E-state index in [-0.39, 0.29) is 30.5 Å².